The highest BCUT2D eigenvalue weighted by Gasteiger charge is 2.22. The Morgan fingerprint density at radius 2 is 1.96 bits per heavy atom. The largest absolute Gasteiger partial charge is 0.336 e. The molecule has 0 atom stereocenters. The van der Waals surface area contributed by atoms with Gasteiger partial charge in [-0.3, -0.25) is 4.90 Å². The van der Waals surface area contributed by atoms with E-state index in [1.165, 1.54) is 12.1 Å². The lowest BCUT2D eigenvalue weighted by Gasteiger charge is -2.33. The summed E-state index contributed by atoms with van der Waals surface area (Å²) in [5.41, 5.74) is 0.634. The maximum absolute atomic E-state index is 13.3. The summed E-state index contributed by atoms with van der Waals surface area (Å²) >= 11 is 0. The number of hydrogen-bond acceptors (Lipinski definition) is 3. The van der Waals surface area contributed by atoms with Gasteiger partial charge < -0.3 is 14.8 Å². The van der Waals surface area contributed by atoms with Gasteiger partial charge in [0, 0.05) is 64.3 Å². The van der Waals surface area contributed by atoms with Gasteiger partial charge in [0.25, 0.3) is 0 Å². The maximum Gasteiger partial charge on any atom is 0.317 e. The molecule has 0 bridgehead atoms. The number of aromatic nitrogens is 2. The average Bonchev–Trinajstić information content (AvgIpc) is 3.14. The number of benzene rings is 1. The Morgan fingerprint density at radius 1 is 1.26 bits per heavy atom. The molecule has 8 heteroatoms. The molecule has 1 saturated heterocycles. The number of urea groups is 1. The number of rotatable bonds is 6. The molecule has 1 aromatic carbocycles. The molecule has 2 amide bonds. The predicted molar refractivity (Wildman–Crippen MR) is 98.0 cm³/mol. The summed E-state index contributed by atoms with van der Waals surface area (Å²) in [5.74, 6) is -1.10. The lowest BCUT2D eigenvalue weighted by molar-refractivity contribution is 0.173. The third kappa shape index (κ3) is 5.75. The molecule has 0 spiro atoms. The summed E-state index contributed by atoms with van der Waals surface area (Å²) in [6, 6.07) is 3.65. The minimum Gasteiger partial charge on any atom is -0.336 e. The van der Waals surface area contributed by atoms with Crippen molar-refractivity contribution in [2.45, 2.75) is 32.0 Å². The average molecular weight is 377 g/mol. The van der Waals surface area contributed by atoms with Crippen LogP contribution in [0.2, 0.25) is 0 Å². The van der Waals surface area contributed by atoms with Gasteiger partial charge in [-0.2, -0.15) is 0 Å². The molecular formula is C19H25F2N5O. The summed E-state index contributed by atoms with van der Waals surface area (Å²) in [4.78, 5) is 20.1. The summed E-state index contributed by atoms with van der Waals surface area (Å²) in [6.07, 6.45) is 6.95. The Labute approximate surface area is 157 Å². The number of likely N-dealkylation sites (N-methyl/N-ethyl adjacent to an activating group) is 1. The number of halogens is 2. The van der Waals surface area contributed by atoms with Crippen molar-refractivity contribution < 1.29 is 13.6 Å². The second kappa shape index (κ2) is 8.94. The molecule has 146 valence electrons. The lowest BCUT2D eigenvalue weighted by atomic mass is 10.0. The fraction of sp³-hybridized carbons (Fsp3) is 0.474. The van der Waals surface area contributed by atoms with Gasteiger partial charge in [0.1, 0.15) is 11.6 Å². The zero-order valence-corrected chi connectivity index (χ0v) is 15.4. The van der Waals surface area contributed by atoms with Crippen molar-refractivity contribution in [2.75, 3.05) is 26.7 Å². The molecule has 1 aliphatic heterocycles. The lowest BCUT2D eigenvalue weighted by Crippen LogP contribution is -2.48. The molecule has 27 heavy (non-hydrogen) atoms. The normalized spacial score (nSPS) is 15.7. The van der Waals surface area contributed by atoms with E-state index in [0.717, 1.165) is 32.0 Å². The number of piperidine rings is 1. The fourth-order valence-corrected chi connectivity index (χ4v) is 3.27. The van der Waals surface area contributed by atoms with Crippen molar-refractivity contribution in [1.82, 2.24) is 24.7 Å². The molecule has 1 N–H and O–H groups in total. The Bertz CT molecular complexity index is 724. The van der Waals surface area contributed by atoms with Gasteiger partial charge in [-0.05, 0) is 30.5 Å². The zero-order chi connectivity index (χ0) is 19.2. The van der Waals surface area contributed by atoms with Crippen LogP contribution in [0.5, 0.6) is 0 Å². The van der Waals surface area contributed by atoms with Gasteiger partial charge in [0.15, 0.2) is 0 Å². The van der Waals surface area contributed by atoms with Crippen LogP contribution in [-0.2, 0) is 13.1 Å². The molecule has 0 saturated carbocycles. The Morgan fingerprint density at radius 3 is 2.59 bits per heavy atom. The number of likely N-dealkylation sites (tertiary alicyclic amines) is 1. The van der Waals surface area contributed by atoms with E-state index in [4.69, 9.17) is 0 Å². The smallest absolute Gasteiger partial charge is 0.317 e. The van der Waals surface area contributed by atoms with Crippen molar-refractivity contribution in [2.24, 2.45) is 0 Å². The number of nitrogens with zero attached hydrogens (tertiary/aromatic N) is 4. The summed E-state index contributed by atoms with van der Waals surface area (Å²) in [6.45, 7) is 3.38. The van der Waals surface area contributed by atoms with Gasteiger partial charge in [-0.25, -0.2) is 18.6 Å². The molecule has 2 heterocycles. The third-order valence-corrected chi connectivity index (χ3v) is 4.84. The van der Waals surface area contributed by atoms with Crippen molar-refractivity contribution in [3.63, 3.8) is 0 Å². The predicted octanol–water partition coefficient (Wildman–Crippen LogP) is 2.47. The van der Waals surface area contributed by atoms with E-state index in [1.807, 2.05) is 10.8 Å². The van der Waals surface area contributed by atoms with Crippen LogP contribution < -0.4 is 5.32 Å². The molecule has 0 radical (unpaired) electrons. The minimum atomic E-state index is -0.550. The van der Waals surface area contributed by atoms with Crippen LogP contribution in [-0.4, -0.2) is 58.1 Å². The monoisotopic (exact) mass is 377 g/mol. The molecule has 0 unspecified atom stereocenters. The van der Waals surface area contributed by atoms with Crippen LogP contribution in [0.15, 0.2) is 36.9 Å². The molecule has 1 aliphatic rings. The van der Waals surface area contributed by atoms with Gasteiger partial charge in [0.05, 0.1) is 6.33 Å². The number of carbonyl (C=O) groups is 1. The minimum absolute atomic E-state index is 0.0826. The topological polar surface area (TPSA) is 53.4 Å². The number of hydrogen-bond donors (Lipinski definition) is 1. The number of imidazole rings is 1. The first-order chi connectivity index (χ1) is 13.0. The van der Waals surface area contributed by atoms with Gasteiger partial charge >= 0.3 is 6.03 Å². The van der Waals surface area contributed by atoms with E-state index in [-0.39, 0.29) is 12.1 Å². The maximum atomic E-state index is 13.3. The van der Waals surface area contributed by atoms with Crippen LogP contribution in [0, 0.1) is 11.6 Å². The highest BCUT2D eigenvalue weighted by atomic mass is 19.1. The van der Waals surface area contributed by atoms with Crippen LogP contribution >= 0.6 is 0 Å². The molecular weight excluding hydrogens is 352 g/mol. The second-order valence-corrected chi connectivity index (χ2v) is 7.00. The summed E-state index contributed by atoms with van der Waals surface area (Å²) in [7, 11) is 1.78. The summed E-state index contributed by atoms with van der Waals surface area (Å²) in [5, 5.41) is 3.07. The number of amides is 2. The van der Waals surface area contributed by atoms with Crippen LogP contribution in [0.25, 0.3) is 0 Å². The SMILES string of the molecule is CN(CCn1ccnc1)C(=O)NC1CCN(Cc2cc(F)cc(F)c2)CC1. The number of carbonyl (C=O) groups excluding carboxylic acids is 1. The van der Waals surface area contributed by atoms with E-state index in [1.54, 1.807) is 24.5 Å². The van der Waals surface area contributed by atoms with Crippen LogP contribution in [0.4, 0.5) is 13.6 Å². The summed E-state index contributed by atoms with van der Waals surface area (Å²) < 4.78 is 28.5. The fourth-order valence-electron chi connectivity index (χ4n) is 3.27. The van der Waals surface area contributed by atoms with E-state index < -0.39 is 11.6 Å². The van der Waals surface area contributed by atoms with Gasteiger partial charge in [-0.1, -0.05) is 0 Å². The highest BCUT2D eigenvalue weighted by Crippen LogP contribution is 2.16. The quantitative estimate of drug-likeness (QED) is 0.842. The van der Waals surface area contributed by atoms with E-state index >= 15 is 0 Å². The highest BCUT2D eigenvalue weighted by molar-refractivity contribution is 5.74. The molecule has 1 fully saturated rings. The molecule has 1 aromatic heterocycles. The Kier molecular flexibility index (Phi) is 6.39. The van der Waals surface area contributed by atoms with Crippen molar-refractivity contribution in [3.05, 3.63) is 54.1 Å². The Balaban J connectivity index is 1.40. The first-order valence-corrected chi connectivity index (χ1v) is 9.14. The molecule has 0 aliphatic carbocycles. The van der Waals surface area contributed by atoms with Crippen molar-refractivity contribution in [3.8, 4) is 0 Å². The third-order valence-electron chi connectivity index (χ3n) is 4.84. The first-order valence-electron chi connectivity index (χ1n) is 9.14. The Hall–Kier alpha value is -2.48. The van der Waals surface area contributed by atoms with Crippen molar-refractivity contribution >= 4 is 6.03 Å². The van der Waals surface area contributed by atoms with E-state index in [0.29, 0.717) is 25.2 Å². The molecule has 3 rings (SSSR count). The van der Waals surface area contributed by atoms with E-state index in [9.17, 15) is 13.6 Å². The standard InChI is InChI=1S/C19H25F2N5O/c1-24(8-9-26-7-4-22-14-26)19(27)23-18-2-5-25(6-3-18)13-15-10-16(20)12-17(21)11-15/h4,7,10-12,14,18H,2-3,5-6,8-9,13H2,1H3,(H,23,27). The second-order valence-electron chi connectivity index (χ2n) is 7.00. The molecule has 6 nitrogen and oxygen atoms in total. The van der Waals surface area contributed by atoms with Crippen molar-refractivity contribution in [1.29, 1.82) is 0 Å². The van der Waals surface area contributed by atoms with Gasteiger partial charge in [0.2, 0.25) is 0 Å². The van der Waals surface area contributed by atoms with Crippen LogP contribution in [0.3, 0.4) is 0 Å². The first kappa shape index (κ1) is 19.3. The zero-order valence-electron chi connectivity index (χ0n) is 15.4. The molecule has 2 aromatic rings. The number of nitrogens with one attached hydrogen (secondary N) is 1. The van der Waals surface area contributed by atoms with E-state index in [2.05, 4.69) is 15.2 Å². The van der Waals surface area contributed by atoms with Crippen LogP contribution in [0.1, 0.15) is 18.4 Å². The van der Waals surface area contributed by atoms with Gasteiger partial charge in [-0.15, -0.1) is 0 Å².